The SMILES string of the molecule is CCC(CC)(NP(OCC1CC(C)C(n2cnc3c(N(C)N)nc(N)nc32)O1)Oc1ccc(Cl)cc1)C(=O)OC(C)C. The number of aromatic nitrogens is 4. The van der Waals surface area contributed by atoms with E-state index >= 15 is 0 Å². The Balaban J connectivity index is 1.52. The Hall–Kier alpha value is -2.80. The summed E-state index contributed by atoms with van der Waals surface area (Å²) in [5, 5.41) is 5.29. The molecule has 0 aliphatic carbocycles. The normalized spacial score (nSPS) is 19.8. The molecule has 0 radical (unpaired) electrons. The standard InChI is InChI=1S/C27H40ClN8O5P/c1-7-27(8-2,25(37)39-16(3)4)34-42(41-19-11-9-18(28)10-12-19)38-14-20-13-17(5)24(40-20)36-15-31-21-22(35(6)30)32-26(29)33-23(21)36/h9-12,15-17,20,24,34H,7-8,13-14,30H2,1-6H3,(H2,29,32,33). The third-order valence-electron chi connectivity index (χ3n) is 7.11. The molecule has 4 atom stereocenters. The Morgan fingerprint density at radius 2 is 1.98 bits per heavy atom. The summed E-state index contributed by atoms with van der Waals surface area (Å²) in [6, 6.07) is 6.97. The molecule has 0 spiro atoms. The minimum atomic E-state index is -1.79. The number of nitrogens with two attached hydrogens (primary N) is 2. The Morgan fingerprint density at radius 1 is 1.29 bits per heavy atom. The van der Waals surface area contributed by atoms with Gasteiger partial charge in [-0.3, -0.25) is 14.4 Å². The number of fused-ring (bicyclic) bond motifs is 1. The van der Waals surface area contributed by atoms with Crippen LogP contribution in [0.1, 0.15) is 60.1 Å². The van der Waals surface area contributed by atoms with Crippen LogP contribution >= 0.6 is 20.1 Å². The van der Waals surface area contributed by atoms with Crippen molar-refractivity contribution in [3.05, 3.63) is 35.6 Å². The fourth-order valence-electron chi connectivity index (χ4n) is 4.78. The largest absolute Gasteiger partial charge is 0.462 e. The fraction of sp³-hybridized carbons (Fsp3) is 0.556. The maximum Gasteiger partial charge on any atom is 0.327 e. The minimum absolute atomic E-state index is 0.0875. The summed E-state index contributed by atoms with van der Waals surface area (Å²) < 4.78 is 26.4. The first kappa shape index (κ1) is 32.1. The molecule has 13 nitrogen and oxygen atoms in total. The quantitative estimate of drug-likeness (QED) is 0.104. The average molecular weight is 623 g/mol. The van der Waals surface area contributed by atoms with Crippen molar-refractivity contribution in [1.29, 1.82) is 0 Å². The predicted octanol–water partition coefficient (Wildman–Crippen LogP) is 4.72. The van der Waals surface area contributed by atoms with Gasteiger partial charge in [-0.15, -0.1) is 0 Å². The zero-order valence-electron chi connectivity index (χ0n) is 24.8. The van der Waals surface area contributed by atoms with E-state index in [1.54, 1.807) is 37.6 Å². The van der Waals surface area contributed by atoms with Crippen LogP contribution in [0.2, 0.25) is 5.02 Å². The van der Waals surface area contributed by atoms with Crippen LogP contribution in [-0.4, -0.2) is 56.9 Å². The number of rotatable bonds is 13. The van der Waals surface area contributed by atoms with Gasteiger partial charge < -0.3 is 24.3 Å². The summed E-state index contributed by atoms with van der Waals surface area (Å²) in [4.78, 5) is 26.3. The third-order valence-corrected chi connectivity index (χ3v) is 8.73. The van der Waals surface area contributed by atoms with Gasteiger partial charge in [-0.05, 0) is 57.4 Å². The van der Waals surface area contributed by atoms with Gasteiger partial charge >= 0.3 is 14.5 Å². The predicted molar refractivity (Wildman–Crippen MR) is 163 cm³/mol. The monoisotopic (exact) mass is 622 g/mol. The maximum absolute atomic E-state index is 13.2. The number of hydrogen-bond donors (Lipinski definition) is 3. The first-order valence-corrected chi connectivity index (χ1v) is 15.5. The number of hydrogen-bond acceptors (Lipinski definition) is 12. The molecule has 1 saturated heterocycles. The van der Waals surface area contributed by atoms with Crippen LogP contribution in [0.3, 0.4) is 0 Å². The Kier molecular flexibility index (Phi) is 10.4. The number of hydrazine groups is 1. The lowest BCUT2D eigenvalue weighted by atomic mass is 9.94. The summed E-state index contributed by atoms with van der Waals surface area (Å²) >= 11 is 6.07. The van der Waals surface area contributed by atoms with Gasteiger partial charge in [0.2, 0.25) is 5.95 Å². The van der Waals surface area contributed by atoms with Gasteiger partial charge in [-0.1, -0.05) is 32.4 Å². The first-order valence-electron chi connectivity index (χ1n) is 14.0. The maximum atomic E-state index is 13.2. The number of nitrogens with one attached hydrogen (secondary N) is 1. The summed E-state index contributed by atoms with van der Waals surface area (Å²) in [7, 11) is -0.126. The van der Waals surface area contributed by atoms with Gasteiger partial charge in [0.15, 0.2) is 17.0 Å². The lowest BCUT2D eigenvalue weighted by molar-refractivity contribution is -0.155. The molecule has 5 N–H and O–H groups in total. The molecular weight excluding hydrogens is 583 g/mol. The van der Waals surface area contributed by atoms with Gasteiger partial charge in [0.05, 0.1) is 25.1 Å². The summed E-state index contributed by atoms with van der Waals surface area (Å²) in [5.74, 6) is 6.76. The number of halogens is 1. The average Bonchev–Trinajstić information content (AvgIpc) is 3.52. The molecule has 1 fully saturated rings. The lowest BCUT2D eigenvalue weighted by Gasteiger charge is -2.34. The van der Waals surface area contributed by atoms with Crippen LogP contribution in [0.4, 0.5) is 11.8 Å². The van der Waals surface area contributed by atoms with Crippen LogP contribution in [-0.2, 0) is 18.8 Å². The summed E-state index contributed by atoms with van der Waals surface area (Å²) in [6.07, 6.45) is 2.45. The van der Waals surface area contributed by atoms with Crippen molar-refractivity contribution in [3.63, 3.8) is 0 Å². The number of carbonyl (C=O) groups is 1. The van der Waals surface area contributed by atoms with Crippen LogP contribution in [0, 0.1) is 5.92 Å². The zero-order chi connectivity index (χ0) is 30.6. The van der Waals surface area contributed by atoms with E-state index in [4.69, 9.17) is 41.7 Å². The van der Waals surface area contributed by atoms with E-state index in [0.717, 1.165) is 0 Å². The van der Waals surface area contributed by atoms with E-state index in [9.17, 15) is 4.79 Å². The van der Waals surface area contributed by atoms with Crippen molar-refractivity contribution >= 4 is 49.0 Å². The first-order chi connectivity index (χ1) is 20.0. The lowest BCUT2D eigenvalue weighted by Crippen LogP contribution is -2.51. The molecular formula is C27H40ClN8O5P. The van der Waals surface area contributed by atoms with E-state index < -0.39 is 14.1 Å². The number of esters is 1. The van der Waals surface area contributed by atoms with Crippen molar-refractivity contribution in [1.82, 2.24) is 24.6 Å². The van der Waals surface area contributed by atoms with E-state index in [-0.39, 0.29) is 42.9 Å². The van der Waals surface area contributed by atoms with E-state index in [1.165, 1.54) is 5.01 Å². The second-order valence-corrected chi connectivity index (χ2v) is 12.3. The van der Waals surface area contributed by atoms with Crippen molar-refractivity contribution in [2.45, 2.75) is 77.9 Å². The van der Waals surface area contributed by atoms with Crippen molar-refractivity contribution in [2.75, 3.05) is 24.4 Å². The fourth-order valence-corrected chi connectivity index (χ4v) is 6.44. The number of anilines is 2. The molecule has 4 rings (SSSR count). The second-order valence-electron chi connectivity index (χ2n) is 10.7. The molecule has 4 unspecified atom stereocenters. The smallest absolute Gasteiger partial charge is 0.327 e. The van der Waals surface area contributed by atoms with Gasteiger partial charge in [-0.25, -0.2) is 15.9 Å². The number of carbonyl (C=O) groups excluding carboxylic acids is 1. The summed E-state index contributed by atoms with van der Waals surface area (Å²) in [5.41, 5.74) is 6.03. The van der Waals surface area contributed by atoms with Crippen molar-refractivity contribution < 1.29 is 23.3 Å². The molecule has 230 valence electrons. The van der Waals surface area contributed by atoms with Gasteiger partial charge in [-0.2, -0.15) is 9.97 Å². The molecule has 3 aromatic rings. The molecule has 1 aliphatic rings. The molecule has 0 saturated carbocycles. The highest BCUT2D eigenvalue weighted by Gasteiger charge is 2.42. The highest BCUT2D eigenvalue weighted by Crippen LogP contribution is 2.43. The highest BCUT2D eigenvalue weighted by molar-refractivity contribution is 7.45. The molecule has 15 heteroatoms. The molecule has 3 heterocycles. The molecule has 2 aromatic heterocycles. The minimum Gasteiger partial charge on any atom is -0.462 e. The Morgan fingerprint density at radius 3 is 2.60 bits per heavy atom. The Bertz CT molecular complexity index is 1350. The highest BCUT2D eigenvalue weighted by atomic mass is 35.5. The van der Waals surface area contributed by atoms with Crippen molar-refractivity contribution in [2.24, 2.45) is 11.8 Å². The molecule has 0 amide bonds. The molecule has 1 aromatic carbocycles. The van der Waals surface area contributed by atoms with Crippen LogP contribution in [0.5, 0.6) is 5.75 Å². The van der Waals surface area contributed by atoms with E-state index in [0.29, 0.717) is 47.0 Å². The van der Waals surface area contributed by atoms with Gasteiger partial charge in [0.1, 0.15) is 17.5 Å². The third kappa shape index (κ3) is 7.21. The second kappa shape index (κ2) is 13.7. The molecule has 0 bridgehead atoms. The van der Waals surface area contributed by atoms with Crippen LogP contribution < -0.4 is 26.2 Å². The van der Waals surface area contributed by atoms with E-state index in [1.807, 2.05) is 32.3 Å². The van der Waals surface area contributed by atoms with Crippen LogP contribution in [0.15, 0.2) is 30.6 Å². The number of ether oxygens (including phenoxy) is 2. The molecule has 1 aliphatic heterocycles. The Labute approximate surface area is 252 Å². The number of nitrogens with zero attached hydrogens (tertiary/aromatic N) is 5. The van der Waals surface area contributed by atoms with Crippen LogP contribution in [0.25, 0.3) is 11.2 Å². The number of imidazole rings is 1. The van der Waals surface area contributed by atoms with E-state index in [2.05, 4.69) is 27.0 Å². The number of nitrogen functional groups attached to an aromatic ring is 1. The topological polar surface area (TPSA) is 165 Å². The van der Waals surface area contributed by atoms with Gasteiger partial charge in [0.25, 0.3) is 0 Å². The van der Waals surface area contributed by atoms with Gasteiger partial charge in [0, 0.05) is 18.0 Å². The summed E-state index contributed by atoms with van der Waals surface area (Å²) in [6.45, 7) is 9.82. The zero-order valence-corrected chi connectivity index (χ0v) is 26.4. The molecule has 42 heavy (non-hydrogen) atoms. The van der Waals surface area contributed by atoms with Crippen molar-refractivity contribution in [3.8, 4) is 5.75 Å². The number of benzene rings is 1.